The van der Waals surface area contributed by atoms with Gasteiger partial charge < -0.3 is 10.6 Å². The van der Waals surface area contributed by atoms with E-state index in [9.17, 15) is 0 Å². The van der Waals surface area contributed by atoms with Crippen LogP contribution in [0.1, 0.15) is 25.7 Å². The Kier molecular flexibility index (Phi) is 2.69. The average Bonchev–Trinajstić information content (AvgIpc) is 2.06. The molecule has 0 amide bonds. The van der Waals surface area contributed by atoms with Crippen LogP contribution < -0.4 is 10.6 Å². The van der Waals surface area contributed by atoms with E-state index in [1.54, 1.807) is 0 Å². The van der Waals surface area contributed by atoms with Crippen LogP contribution in [0.2, 0.25) is 0 Å². The third-order valence-electron chi connectivity index (χ3n) is 2.46. The molecule has 0 aromatic carbocycles. The predicted octanol–water partition coefficient (Wildman–Crippen LogP) is 0.900. The van der Waals surface area contributed by atoms with E-state index in [1.165, 1.54) is 19.3 Å². The fraction of sp³-hybridized carbons (Fsp3) is 0.875. The minimum absolute atomic E-state index is 0.207. The molecule has 0 spiro atoms. The lowest BCUT2D eigenvalue weighted by Crippen LogP contribution is -2.54. The Bertz CT molecular complexity index is 89.4. The van der Waals surface area contributed by atoms with Crippen LogP contribution in [0, 0.1) is 6.42 Å². The summed E-state index contributed by atoms with van der Waals surface area (Å²) in [5, 5.41) is 6.65. The highest BCUT2D eigenvalue weighted by atomic mass is 15.2. The first-order valence-corrected chi connectivity index (χ1v) is 4.02. The topological polar surface area (TPSA) is 24.1 Å². The van der Waals surface area contributed by atoms with Gasteiger partial charge in [0.05, 0.1) is 5.66 Å². The molecule has 1 aliphatic carbocycles. The molecule has 2 heteroatoms. The van der Waals surface area contributed by atoms with Crippen LogP contribution in [-0.2, 0) is 0 Å². The fourth-order valence-corrected chi connectivity index (χ4v) is 1.58. The minimum Gasteiger partial charge on any atom is -0.302 e. The summed E-state index contributed by atoms with van der Waals surface area (Å²) in [5.41, 5.74) is 0.207. The van der Waals surface area contributed by atoms with Crippen LogP contribution in [0.5, 0.6) is 0 Å². The van der Waals surface area contributed by atoms with Crippen LogP contribution in [-0.4, -0.2) is 19.8 Å². The Morgan fingerprint density at radius 2 is 2.00 bits per heavy atom. The molecule has 59 valence electrons. The molecule has 1 aliphatic rings. The highest BCUT2D eigenvalue weighted by Crippen LogP contribution is 2.23. The van der Waals surface area contributed by atoms with Crippen molar-refractivity contribution >= 4 is 0 Å². The van der Waals surface area contributed by atoms with Gasteiger partial charge in [0.25, 0.3) is 0 Å². The zero-order valence-electron chi connectivity index (χ0n) is 6.91. The third kappa shape index (κ3) is 1.50. The van der Waals surface area contributed by atoms with E-state index in [1.807, 2.05) is 14.1 Å². The van der Waals surface area contributed by atoms with Gasteiger partial charge in [-0.1, -0.05) is 0 Å². The van der Waals surface area contributed by atoms with Gasteiger partial charge in [-0.05, 0) is 46.2 Å². The highest BCUT2D eigenvalue weighted by Gasteiger charge is 2.27. The van der Waals surface area contributed by atoms with Crippen molar-refractivity contribution in [3.8, 4) is 0 Å². The number of rotatable bonds is 2. The van der Waals surface area contributed by atoms with Crippen LogP contribution in [0.15, 0.2) is 0 Å². The van der Waals surface area contributed by atoms with E-state index in [-0.39, 0.29) is 5.66 Å². The summed E-state index contributed by atoms with van der Waals surface area (Å²) < 4.78 is 0. The van der Waals surface area contributed by atoms with Crippen LogP contribution in [0.3, 0.4) is 0 Å². The van der Waals surface area contributed by atoms with Gasteiger partial charge in [-0.2, -0.15) is 0 Å². The normalized spacial score (nSPS) is 24.6. The molecule has 1 rings (SSSR count). The summed E-state index contributed by atoms with van der Waals surface area (Å²) in [6.07, 6.45) is 7.35. The van der Waals surface area contributed by atoms with E-state index in [0.29, 0.717) is 0 Å². The summed E-state index contributed by atoms with van der Waals surface area (Å²) in [6, 6.07) is 0. The number of hydrogen-bond acceptors (Lipinski definition) is 2. The van der Waals surface area contributed by atoms with E-state index < -0.39 is 0 Å². The van der Waals surface area contributed by atoms with Crippen molar-refractivity contribution in [3.05, 3.63) is 6.42 Å². The Hall–Kier alpha value is -0.0800. The van der Waals surface area contributed by atoms with Crippen molar-refractivity contribution in [2.45, 2.75) is 31.3 Å². The molecule has 1 radical (unpaired) electrons. The molecule has 0 atom stereocenters. The van der Waals surface area contributed by atoms with Crippen molar-refractivity contribution in [2.24, 2.45) is 0 Å². The van der Waals surface area contributed by atoms with E-state index >= 15 is 0 Å². The first kappa shape index (κ1) is 8.02. The monoisotopic (exact) mass is 141 g/mol. The van der Waals surface area contributed by atoms with Crippen LogP contribution in [0.4, 0.5) is 0 Å². The Balaban J connectivity index is 2.44. The molecule has 0 aromatic rings. The molecule has 0 bridgehead atoms. The molecule has 0 saturated heterocycles. The predicted molar refractivity (Wildman–Crippen MR) is 43.6 cm³/mol. The lowest BCUT2D eigenvalue weighted by molar-refractivity contribution is 0.238. The van der Waals surface area contributed by atoms with Gasteiger partial charge in [-0.25, -0.2) is 0 Å². The van der Waals surface area contributed by atoms with Crippen molar-refractivity contribution in [2.75, 3.05) is 14.1 Å². The standard InChI is InChI=1S/C8H17N2/c1-9-8(10-2)6-4-3-5-7-8/h4,9-10H,3,5-7H2,1-2H3. The summed E-state index contributed by atoms with van der Waals surface area (Å²) in [6.45, 7) is 0. The molecule has 10 heavy (non-hydrogen) atoms. The smallest absolute Gasteiger partial charge is 0.0685 e. The molecular weight excluding hydrogens is 124 g/mol. The third-order valence-corrected chi connectivity index (χ3v) is 2.46. The maximum absolute atomic E-state index is 3.32. The quantitative estimate of drug-likeness (QED) is 0.558. The number of hydrogen-bond donors (Lipinski definition) is 2. The molecule has 2 nitrogen and oxygen atoms in total. The molecule has 0 unspecified atom stereocenters. The van der Waals surface area contributed by atoms with Crippen molar-refractivity contribution in [3.63, 3.8) is 0 Å². The summed E-state index contributed by atoms with van der Waals surface area (Å²) >= 11 is 0. The molecule has 0 aliphatic heterocycles. The second kappa shape index (κ2) is 3.35. The highest BCUT2D eigenvalue weighted by molar-refractivity contribution is 4.92. The van der Waals surface area contributed by atoms with E-state index in [4.69, 9.17) is 0 Å². The van der Waals surface area contributed by atoms with Crippen molar-refractivity contribution in [1.82, 2.24) is 10.6 Å². The number of nitrogens with one attached hydrogen (secondary N) is 2. The van der Waals surface area contributed by atoms with Crippen LogP contribution in [0.25, 0.3) is 0 Å². The first-order valence-electron chi connectivity index (χ1n) is 4.02. The summed E-state index contributed by atoms with van der Waals surface area (Å²) in [5.74, 6) is 0. The molecule has 0 aromatic heterocycles. The fourth-order valence-electron chi connectivity index (χ4n) is 1.58. The van der Waals surface area contributed by atoms with Gasteiger partial charge in [-0.15, -0.1) is 0 Å². The molecule has 1 fully saturated rings. The molecule has 2 N–H and O–H groups in total. The second-order valence-corrected chi connectivity index (χ2v) is 2.97. The minimum atomic E-state index is 0.207. The van der Waals surface area contributed by atoms with Gasteiger partial charge in [0, 0.05) is 0 Å². The average molecular weight is 141 g/mol. The van der Waals surface area contributed by atoms with Crippen LogP contribution >= 0.6 is 0 Å². The summed E-state index contributed by atoms with van der Waals surface area (Å²) in [7, 11) is 4.05. The Morgan fingerprint density at radius 3 is 2.30 bits per heavy atom. The SMILES string of the molecule is CNC1(NC)C[CH]CCC1. The molecule has 0 heterocycles. The lowest BCUT2D eigenvalue weighted by Gasteiger charge is -2.36. The zero-order chi connectivity index (χ0) is 7.45. The lowest BCUT2D eigenvalue weighted by atomic mass is 9.89. The van der Waals surface area contributed by atoms with E-state index in [2.05, 4.69) is 17.1 Å². The largest absolute Gasteiger partial charge is 0.302 e. The maximum atomic E-state index is 3.32. The Labute approximate surface area is 63.4 Å². The molecule has 1 saturated carbocycles. The van der Waals surface area contributed by atoms with Crippen molar-refractivity contribution < 1.29 is 0 Å². The second-order valence-electron chi connectivity index (χ2n) is 2.97. The van der Waals surface area contributed by atoms with Gasteiger partial charge >= 0.3 is 0 Å². The molecular formula is C8H17N2. The summed E-state index contributed by atoms with van der Waals surface area (Å²) in [4.78, 5) is 0. The van der Waals surface area contributed by atoms with Crippen molar-refractivity contribution in [1.29, 1.82) is 0 Å². The van der Waals surface area contributed by atoms with Gasteiger partial charge in [0.2, 0.25) is 0 Å². The van der Waals surface area contributed by atoms with Gasteiger partial charge in [-0.3, -0.25) is 0 Å². The van der Waals surface area contributed by atoms with Gasteiger partial charge in [0.1, 0.15) is 0 Å². The van der Waals surface area contributed by atoms with E-state index in [0.717, 1.165) is 6.42 Å². The Morgan fingerprint density at radius 1 is 1.30 bits per heavy atom. The maximum Gasteiger partial charge on any atom is 0.0685 e. The van der Waals surface area contributed by atoms with Gasteiger partial charge in [0.15, 0.2) is 0 Å². The first-order chi connectivity index (χ1) is 4.83. The zero-order valence-corrected chi connectivity index (χ0v) is 6.91.